The number of nitrogens with one attached hydrogen (secondary N) is 1. The first kappa shape index (κ1) is 14.5. The summed E-state index contributed by atoms with van der Waals surface area (Å²) in [6.07, 6.45) is 4.20. The van der Waals surface area contributed by atoms with Crippen LogP contribution in [0.25, 0.3) is 0 Å². The molecule has 0 atom stereocenters. The van der Waals surface area contributed by atoms with E-state index in [2.05, 4.69) is 23.7 Å². The van der Waals surface area contributed by atoms with Crippen LogP contribution in [-0.4, -0.2) is 30.9 Å². The monoisotopic (exact) mass is 280 g/mol. The first-order chi connectivity index (χ1) is 9.16. The lowest BCUT2D eigenvalue weighted by atomic mass is 9.93. The summed E-state index contributed by atoms with van der Waals surface area (Å²) in [5, 5.41) is 5.46. The second-order valence-corrected chi connectivity index (χ2v) is 6.51. The Morgan fingerprint density at radius 3 is 2.84 bits per heavy atom. The van der Waals surface area contributed by atoms with Crippen molar-refractivity contribution in [1.29, 1.82) is 0 Å². The molecule has 2 rings (SSSR count). The van der Waals surface area contributed by atoms with Crippen molar-refractivity contribution < 1.29 is 4.79 Å². The van der Waals surface area contributed by atoms with Crippen LogP contribution in [-0.2, 0) is 11.3 Å². The Morgan fingerprint density at radius 2 is 2.21 bits per heavy atom. The normalized spacial score (nSPS) is 16.5. The van der Waals surface area contributed by atoms with Gasteiger partial charge in [-0.3, -0.25) is 4.79 Å². The van der Waals surface area contributed by atoms with Crippen LogP contribution >= 0.6 is 11.3 Å². The highest BCUT2D eigenvalue weighted by Crippen LogP contribution is 2.20. The van der Waals surface area contributed by atoms with Crippen molar-refractivity contribution in [3.63, 3.8) is 0 Å². The van der Waals surface area contributed by atoms with E-state index < -0.39 is 0 Å². The molecule has 0 radical (unpaired) electrons. The predicted octanol–water partition coefficient (Wildman–Crippen LogP) is 2.79. The number of carbonyl (C=O) groups is 1. The largest absolute Gasteiger partial charge is 0.341 e. The lowest BCUT2D eigenvalue weighted by Crippen LogP contribution is -2.30. The van der Waals surface area contributed by atoms with E-state index in [0.29, 0.717) is 6.42 Å². The first-order valence-corrected chi connectivity index (χ1v) is 8.02. The molecular formula is C15H24N2OS. The van der Waals surface area contributed by atoms with Crippen LogP contribution in [0.3, 0.4) is 0 Å². The van der Waals surface area contributed by atoms with Crippen LogP contribution in [0.5, 0.6) is 0 Å². The van der Waals surface area contributed by atoms with E-state index in [4.69, 9.17) is 0 Å². The Labute approximate surface area is 120 Å². The third-order valence-electron chi connectivity index (χ3n) is 4.00. The minimum atomic E-state index is 0.284. The molecule has 1 saturated heterocycles. The number of aryl methyl sites for hydroxylation is 1. The summed E-state index contributed by atoms with van der Waals surface area (Å²) < 4.78 is 0. The molecule has 4 heteroatoms. The summed E-state index contributed by atoms with van der Waals surface area (Å²) in [6, 6.07) is 2.12. The standard InChI is InChI=1S/C15H24N2OS/c1-12-7-10-19-14(12)11-17(2)15(18)4-3-13-5-8-16-9-6-13/h7,10,13,16H,3-6,8-9,11H2,1-2H3. The Hall–Kier alpha value is -0.870. The van der Waals surface area contributed by atoms with Crippen LogP contribution in [0.4, 0.5) is 0 Å². The molecule has 1 aromatic heterocycles. The zero-order chi connectivity index (χ0) is 13.7. The van der Waals surface area contributed by atoms with E-state index in [1.807, 2.05) is 11.9 Å². The van der Waals surface area contributed by atoms with Gasteiger partial charge in [-0.25, -0.2) is 0 Å². The van der Waals surface area contributed by atoms with E-state index in [9.17, 15) is 4.79 Å². The van der Waals surface area contributed by atoms with Crippen LogP contribution in [0.15, 0.2) is 11.4 Å². The van der Waals surface area contributed by atoms with Gasteiger partial charge in [0.05, 0.1) is 6.54 Å². The van der Waals surface area contributed by atoms with Gasteiger partial charge < -0.3 is 10.2 Å². The fourth-order valence-corrected chi connectivity index (χ4v) is 3.52. The molecule has 0 spiro atoms. The van der Waals surface area contributed by atoms with Crippen LogP contribution in [0.1, 0.15) is 36.1 Å². The molecule has 0 saturated carbocycles. The molecule has 1 aliphatic rings. The fourth-order valence-electron chi connectivity index (χ4n) is 2.56. The van der Waals surface area contributed by atoms with Gasteiger partial charge in [0.2, 0.25) is 5.91 Å². The molecule has 0 aromatic carbocycles. The average molecular weight is 280 g/mol. The molecular weight excluding hydrogens is 256 g/mol. The summed E-state index contributed by atoms with van der Waals surface area (Å²) in [5.74, 6) is 1.02. The number of hydrogen-bond donors (Lipinski definition) is 1. The van der Waals surface area contributed by atoms with Gasteiger partial charge in [-0.15, -0.1) is 11.3 Å². The molecule has 106 valence electrons. The third-order valence-corrected chi connectivity index (χ3v) is 5.01. The van der Waals surface area contributed by atoms with Crippen LogP contribution in [0, 0.1) is 12.8 Å². The van der Waals surface area contributed by atoms with Gasteiger partial charge in [0.25, 0.3) is 0 Å². The van der Waals surface area contributed by atoms with E-state index in [1.165, 1.54) is 23.3 Å². The third kappa shape index (κ3) is 4.32. The zero-order valence-corrected chi connectivity index (χ0v) is 12.8. The minimum Gasteiger partial charge on any atom is -0.341 e. The maximum absolute atomic E-state index is 12.1. The van der Waals surface area contributed by atoms with Gasteiger partial charge in [-0.05, 0) is 62.2 Å². The molecule has 1 fully saturated rings. The Balaban J connectivity index is 1.74. The molecule has 1 N–H and O–H groups in total. The van der Waals surface area contributed by atoms with Gasteiger partial charge in [0.1, 0.15) is 0 Å². The van der Waals surface area contributed by atoms with Crippen molar-refractivity contribution >= 4 is 17.2 Å². The highest BCUT2D eigenvalue weighted by Gasteiger charge is 2.16. The lowest BCUT2D eigenvalue weighted by Gasteiger charge is -2.23. The molecule has 0 unspecified atom stereocenters. The van der Waals surface area contributed by atoms with Crippen molar-refractivity contribution in [3.05, 3.63) is 21.9 Å². The van der Waals surface area contributed by atoms with Gasteiger partial charge in [-0.1, -0.05) is 0 Å². The number of piperidine rings is 1. The number of nitrogens with zero attached hydrogens (tertiary/aromatic N) is 1. The number of thiophene rings is 1. The quantitative estimate of drug-likeness (QED) is 0.899. The molecule has 1 aliphatic heterocycles. The number of hydrogen-bond acceptors (Lipinski definition) is 3. The van der Waals surface area contributed by atoms with E-state index in [0.717, 1.165) is 32.0 Å². The summed E-state index contributed by atoms with van der Waals surface area (Å²) in [6.45, 7) is 5.10. The molecule has 0 aliphatic carbocycles. The number of amides is 1. The molecule has 3 nitrogen and oxygen atoms in total. The van der Waals surface area contributed by atoms with Crippen molar-refractivity contribution in [2.75, 3.05) is 20.1 Å². The highest BCUT2D eigenvalue weighted by molar-refractivity contribution is 7.10. The van der Waals surface area contributed by atoms with Gasteiger partial charge in [0.15, 0.2) is 0 Å². The average Bonchev–Trinajstić information content (AvgIpc) is 2.82. The maximum Gasteiger partial charge on any atom is 0.222 e. The second-order valence-electron chi connectivity index (χ2n) is 5.51. The minimum absolute atomic E-state index is 0.284. The summed E-state index contributed by atoms with van der Waals surface area (Å²) in [4.78, 5) is 15.3. The van der Waals surface area contributed by atoms with Gasteiger partial charge in [-0.2, -0.15) is 0 Å². The smallest absolute Gasteiger partial charge is 0.222 e. The van der Waals surface area contributed by atoms with E-state index in [1.54, 1.807) is 11.3 Å². The SMILES string of the molecule is Cc1ccsc1CN(C)C(=O)CCC1CCNCC1. The van der Waals surface area contributed by atoms with Crippen molar-refractivity contribution in [2.24, 2.45) is 5.92 Å². The Kier molecular flexibility index (Phi) is 5.40. The number of carbonyl (C=O) groups excluding carboxylic acids is 1. The molecule has 1 aromatic rings. The van der Waals surface area contributed by atoms with Crippen molar-refractivity contribution in [2.45, 2.75) is 39.2 Å². The number of rotatable bonds is 5. The lowest BCUT2D eigenvalue weighted by molar-refractivity contribution is -0.130. The van der Waals surface area contributed by atoms with Gasteiger partial charge in [0, 0.05) is 18.3 Å². The predicted molar refractivity (Wildman–Crippen MR) is 80.4 cm³/mol. The summed E-state index contributed by atoms with van der Waals surface area (Å²) in [5.41, 5.74) is 1.29. The Bertz CT molecular complexity index is 410. The zero-order valence-electron chi connectivity index (χ0n) is 11.9. The maximum atomic E-state index is 12.1. The van der Waals surface area contributed by atoms with Crippen molar-refractivity contribution in [1.82, 2.24) is 10.2 Å². The molecule has 19 heavy (non-hydrogen) atoms. The van der Waals surface area contributed by atoms with Crippen molar-refractivity contribution in [3.8, 4) is 0 Å². The summed E-state index contributed by atoms with van der Waals surface area (Å²) in [7, 11) is 1.92. The van der Waals surface area contributed by atoms with E-state index >= 15 is 0 Å². The molecule has 1 amide bonds. The topological polar surface area (TPSA) is 32.3 Å². The summed E-state index contributed by atoms with van der Waals surface area (Å²) >= 11 is 1.74. The fraction of sp³-hybridized carbons (Fsp3) is 0.667. The molecule has 0 bridgehead atoms. The van der Waals surface area contributed by atoms with E-state index in [-0.39, 0.29) is 5.91 Å². The Morgan fingerprint density at radius 1 is 1.47 bits per heavy atom. The van der Waals surface area contributed by atoms with Crippen LogP contribution in [0.2, 0.25) is 0 Å². The van der Waals surface area contributed by atoms with Gasteiger partial charge >= 0.3 is 0 Å². The second kappa shape index (κ2) is 7.06. The van der Waals surface area contributed by atoms with Crippen LogP contribution < -0.4 is 5.32 Å². The first-order valence-electron chi connectivity index (χ1n) is 7.14. The highest BCUT2D eigenvalue weighted by atomic mass is 32.1. The molecule has 2 heterocycles.